The molecule has 0 fully saturated rings. The van der Waals surface area contributed by atoms with Crippen LogP contribution >= 0.6 is 11.6 Å². The average Bonchev–Trinajstić information content (AvgIpc) is 2.76. The molecule has 0 aliphatic heterocycles. The topological polar surface area (TPSA) is 102 Å². The van der Waals surface area contributed by atoms with E-state index in [1.807, 2.05) is 0 Å². The van der Waals surface area contributed by atoms with Gasteiger partial charge < -0.3 is 4.42 Å². The zero-order valence-corrected chi connectivity index (χ0v) is 10.6. The van der Waals surface area contributed by atoms with Crippen molar-refractivity contribution in [2.24, 2.45) is 5.18 Å². The lowest BCUT2D eigenvalue weighted by Crippen LogP contribution is -2.03. The SMILES string of the molecule is CS(=O)(=O)c1nc(-c2ccc(N=O)o2)ncc1Cl. The third-order valence-corrected chi connectivity index (χ3v) is 3.37. The molecule has 18 heavy (non-hydrogen) atoms. The van der Waals surface area contributed by atoms with Crippen molar-refractivity contribution < 1.29 is 12.8 Å². The third kappa shape index (κ3) is 2.39. The molecule has 2 aromatic heterocycles. The molecular formula is C9H6ClN3O4S. The van der Waals surface area contributed by atoms with Crippen LogP contribution in [0.1, 0.15) is 0 Å². The highest BCUT2D eigenvalue weighted by Gasteiger charge is 2.18. The maximum Gasteiger partial charge on any atom is 0.261 e. The fraction of sp³-hybridized carbons (Fsp3) is 0.111. The van der Waals surface area contributed by atoms with Crippen LogP contribution in [0.15, 0.2) is 32.9 Å². The van der Waals surface area contributed by atoms with Gasteiger partial charge in [-0.3, -0.25) is 0 Å². The molecule has 7 nitrogen and oxygen atoms in total. The summed E-state index contributed by atoms with van der Waals surface area (Å²) in [6.45, 7) is 0. The first kappa shape index (κ1) is 12.7. The second-order valence-electron chi connectivity index (χ2n) is 3.35. The molecule has 0 saturated carbocycles. The molecule has 2 rings (SSSR count). The second kappa shape index (κ2) is 4.46. The number of sulfone groups is 1. The highest BCUT2D eigenvalue weighted by atomic mass is 35.5. The van der Waals surface area contributed by atoms with E-state index in [9.17, 15) is 13.3 Å². The normalized spacial score (nSPS) is 11.4. The molecule has 0 saturated heterocycles. The Balaban J connectivity index is 2.57. The largest absolute Gasteiger partial charge is 0.432 e. The lowest BCUT2D eigenvalue weighted by molar-refractivity contribution is 0.583. The lowest BCUT2D eigenvalue weighted by Gasteiger charge is -2.01. The predicted octanol–water partition coefficient (Wildman–Crippen LogP) is 2.19. The van der Waals surface area contributed by atoms with Gasteiger partial charge in [0, 0.05) is 17.5 Å². The number of halogens is 1. The number of furan rings is 1. The van der Waals surface area contributed by atoms with E-state index in [0.29, 0.717) is 0 Å². The Labute approximate surface area is 107 Å². The minimum absolute atomic E-state index is 0.00900. The molecule has 0 unspecified atom stereocenters. The van der Waals surface area contributed by atoms with E-state index < -0.39 is 9.84 Å². The van der Waals surface area contributed by atoms with Gasteiger partial charge in [-0.15, -0.1) is 4.91 Å². The van der Waals surface area contributed by atoms with Crippen LogP contribution in [-0.4, -0.2) is 24.6 Å². The highest BCUT2D eigenvalue weighted by Crippen LogP contribution is 2.26. The molecule has 0 N–H and O–H groups in total. The first-order valence-corrected chi connectivity index (χ1v) is 6.85. The van der Waals surface area contributed by atoms with Crippen molar-refractivity contribution in [1.29, 1.82) is 0 Å². The van der Waals surface area contributed by atoms with Crippen LogP contribution < -0.4 is 0 Å². The molecule has 0 radical (unpaired) electrons. The highest BCUT2D eigenvalue weighted by molar-refractivity contribution is 7.90. The second-order valence-corrected chi connectivity index (χ2v) is 5.69. The first-order valence-electron chi connectivity index (χ1n) is 4.58. The maximum absolute atomic E-state index is 11.4. The van der Waals surface area contributed by atoms with Crippen molar-refractivity contribution in [2.45, 2.75) is 5.03 Å². The van der Waals surface area contributed by atoms with E-state index in [4.69, 9.17) is 16.0 Å². The molecule has 2 aromatic rings. The summed E-state index contributed by atoms with van der Waals surface area (Å²) in [4.78, 5) is 17.8. The van der Waals surface area contributed by atoms with Gasteiger partial charge in [-0.05, 0) is 6.07 Å². The molecule has 9 heteroatoms. The first-order chi connectivity index (χ1) is 8.41. The monoisotopic (exact) mass is 287 g/mol. The molecule has 0 atom stereocenters. The summed E-state index contributed by atoms with van der Waals surface area (Å²) in [5, 5.41) is 2.21. The Hall–Kier alpha value is -1.80. The summed E-state index contributed by atoms with van der Waals surface area (Å²) in [7, 11) is -3.57. The molecule has 0 aromatic carbocycles. The minimum atomic E-state index is -3.57. The van der Waals surface area contributed by atoms with Gasteiger partial charge >= 0.3 is 0 Å². The molecular weight excluding hydrogens is 282 g/mol. The smallest absolute Gasteiger partial charge is 0.261 e. The number of rotatable bonds is 3. The standard InChI is InChI=1S/C9H6ClN3O4S/c1-18(15,16)9-5(10)4-11-8(12-9)6-2-3-7(13-14)17-6/h2-4H,1H3. The van der Waals surface area contributed by atoms with Gasteiger partial charge in [-0.2, -0.15) is 0 Å². The summed E-state index contributed by atoms with van der Waals surface area (Å²) >= 11 is 5.70. The van der Waals surface area contributed by atoms with Crippen LogP contribution in [0, 0.1) is 4.91 Å². The summed E-state index contributed by atoms with van der Waals surface area (Å²) < 4.78 is 27.8. The number of aromatic nitrogens is 2. The fourth-order valence-corrected chi connectivity index (χ4v) is 2.40. The fourth-order valence-electron chi connectivity index (χ4n) is 1.23. The van der Waals surface area contributed by atoms with Crippen LogP contribution in [0.25, 0.3) is 11.6 Å². The Morgan fingerprint density at radius 1 is 1.39 bits per heavy atom. The van der Waals surface area contributed by atoms with Crippen molar-refractivity contribution in [3.8, 4) is 11.6 Å². The molecule has 0 amide bonds. The molecule has 0 spiro atoms. The molecule has 0 aliphatic rings. The molecule has 0 aliphatic carbocycles. The van der Waals surface area contributed by atoms with Crippen LogP contribution in [-0.2, 0) is 9.84 Å². The minimum Gasteiger partial charge on any atom is -0.432 e. The van der Waals surface area contributed by atoms with Crippen molar-refractivity contribution >= 4 is 27.3 Å². The molecule has 94 valence electrons. The Bertz CT molecular complexity index is 710. The van der Waals surface area contributed by atoms with Crippen LogP contribution in [0.2, 0.25) is 5.02 Å². The third-order valence-electron chi connectivity index (χ3n) is 1.97. The number of hydrogen-bond donors (Lipinski definition) is 0. The van der Waals surface area contributed by atoms with Crippen LogP contribution in [0.3, 0.4) is 0 Å². The Morgan fingerprint density at radius 2 is 2.11 bits per heavy atom. The van der Waals surface area contributed by atoms with Gasteiger partial charge in [0.05, 0.1) is 11.2 Å². The van der Waals surface area contributed by atoms with Gasteiger partial charge in [0.25, 0.3) is 5.88 Å². The van der Waals surface area contributed by atoms with E-state index in [1.54, 1.807) is 0 Å². The quantitative estimate of drug-likeness (QED) is 0.633. The number of nitroso groups, excluding NO2 is 1. The Kier molecular flexibility index (Phi) is 3.14. The van der Waals surface area contributed by atoms with Gasteiger partial charge in [0.2, 0.25) is 0 Å². The molecule has 2 heterocycles. The maximum atomic E-state index is 11.4. The molecule has 0 bridgehead atoms. The average molecular weight is 288 g/mol. The number of nitrogens with zero attached hydrogens (tertiary/aromatic N) is 3. The van der Waals surface area contributed by atoms with E-state index in [2.05, 4.69) is 15.1 Å². The summed E-state index contributed by atoms with van der Waals surface area (Å²) in [6.07, 6.45) is 2.13. The summed E-state index contributed by atoms with van der Waals surface area (Å²) in [6, 6.07) is 2.73. The summed E-state index contributed by atoms with van der Waals surface area (Å²) in [5.41, 5.74) is 0. The van der Waals surface area contributed by atoms with Gasteiger partial charge in [-0.1, -0.05) is 11.6 Å². The van der Waals surface area contributed by atoms with Gasteiger partial charge in [0.15, 0.2) is 26.4 Å². The number of hydrogen-bond acceptors (Lipinski definition) is 7. The van der Waals surface area contributed by atoms with E-state index in [1.165, 1.54) is 12.1 Å². The van der Waals surface area contributed by atoms with E-state index in [-0.39, 0.29) is 27.5 Å². The van der Waals surface area contributed by atoms with Crippen molar-refractivity contribution in [2.75, 3.05) is 6.26 Å². The summed E-state index contributed by atoms with van der Waals surface area (Å²) in [5.74, 6) is -0.00894. The van der Waals surface area contributed by atoms with E-state index >= 15 is 0 Å². The zero-order chi connectivity index (χ0) is 13.3. The van der Waals surface area contributed by atoms with Crippen LogP contribution in [0.5, 0.6) is 0 Å². The zero-order valence-electron chi connectivity index (χ0n) is 8.99. The van der Waals surface area contributed by atoms with Crippen molar-refractivity contribution in [1.82, 2.24) is 9.97 Å². The van der Waals surface area contributed by atoms with Gasteiger partial charge in [-0.25, -0.2) is 18.4 Å². The van der Waals surface area contributed by atoms with E-state index in [0.717, 1.165) is 12.5 Å². The predicted molar refractivity (Wildman–Crippen MR) is 63.3 cm³/mol. The van der Waals surface area contributed by atoms with Crippen LogP contribution in [0.4, 0.5) is 5.88 Å². The van der Waals surface area contributed by atoms with Gasteiger partial charge in [0.1, 0.15) is 0 Å². The Morgan fingerprint density at radius 3 is 2.67 bits per heavy atom. The lowest BCUT2D eigenvalue weighted by atomic mass is 10.4. The van der Waals surface area contributed by atoms with Crippen molar-refractivity contribution in [3.05, 3.63) is 28.3 Å². The van der Waals surface area contributed by atoms with Crippen molar-refractivity contribution in [3.63, 3.8) is 0 Å².